The Bertz CT molecular complexity index is 113. The van der Waals surface area contributed by atoms with E-state index in [0.717, 1.165) is 12.5 Å². The first kappa shape index (κ1) is 12.9. The summed E-state index contributed by atoms with van der Waals surface area (Å²) in [6, 6.07) is 0. The summed E-state index contributed by atoms with van der Waals surface area (Å²) in [4.78, 5) is 4.89. The summed E-state index contributed by atoms with van der Waals surface area (Å²) in [6.45, 7) is 15.0. The molecule has 80 valence electrons. The average Bonchev–Trinajstić information content (AvgIpc) is 2.10. The summed E-state index contributed by atoms with van der Waals surface area (Å²) in [5, 5.41) is 0. The molecular weight excluding hydrogens is 160 g/mol. The van der Waals surface area contributed by atoms with Gasteiger partial charge < -0.3 is 9.80 Å². The number of hydrogen-bond donors (Lipinski definition) is 0. The molecule has 2 heteroatoms. The van der Waals surface area contributed by atoms with Crippen LogP contribution in [0.2, 0.25) is 0 Å². The number of rotatable bonds is 7. The SMILES string of the molecule is CCN(C)CCN(CC)CC(C)C. The van der Waals surface area contributed by atoms with Gasteiger partial charge in [-0.15, -0.1) is 0 Å². The zero-order chi connectivity index (χ0) is 10.3. The minimum Gasteiger partial charge on any atom is -0.305 e. The molecule has 0 aromatic rings. The zero-order valence-corrected chi connectivity index (χ0v) is 10.0. The van der Waals surface area contributed by atoms with E-state index in [9.17, 15) is 0 Å². The van der Waals surface area contributed by atoms with Crippen LogP contribution in [0.5, 0.6) is 0 Å². The molecular formula is C11H26N2. The van der Waals surface area contributed by atoms with Crippen LogP contribution in [0.1, 0.15) is 27.7 Å². The molecule has 0 fully saturated rings. The van der Waals surface area contributed by atoms with Crippen molar-refractivity contribution in [1.82, 2.24) is 9.80 Å². The maximum Gasteiger partial charge on any atom is 0.0109 e. The largest absolute Gasteiger partial charge is 0.305 e. The molecule has 0 bridgehead atoms. The van der Waals surface area contributed by atoms with Crippen LogP contribution in [0.15, 0.2) is 0 Å². The zero-order valence-electron chi connectivity index (χ0n) is 10.0. The van der Waals surface area contributed by atoms with Gasteiger partial charge in [0.2, 0.25) is 0 Å². The normalized spacial score (nSPS) is 12.0. The van der Waals surface area contributed by atoms with E-state index in [2.05, 4.69) is 44.5 Å². The van der Waals surface area contributed by atoms with E-state index in [4.69, 9.17) is 0 Å². The molecule has 0 aliphatic rings. The van der Waals surface area contributed by atoms with Crippen LogP contribution in [0.4, 0.5) is 0 Å². The van der Waals surface area contributed by atoms with Crippen molar-refractivity contribution >= 4 is 0 Å². The molecule has 0 aromatic carbocycles. The molecule has 0 radical (unpaired) electrons. The van der Waals surface area contributed by atoms with Crippen LogP contribution >= 0.6 is 0 Å². The van der Waals surface area contributed by atoms with Crippen LogP contribution in [0.25, 0.3) is 0 Å². The van der Waals surface area contributed by atoms with Crippen LogP contribution in [0, 0.1) is 5.92 Å². The van der Waals surface area contributed by atoms with Crippen LogP contribution in [-0.2, 0) is 0 Å². The Morgan fingerprint density at radius 3 is 2.00 bits per heavy atom. The molecule has 0 aliphatic carbocycles. The lowest BCUT2D eigenvalue weighted by atomic mass is 10.2. The second-order valence-corrected chi connectivity index (χ2v) is 4.18. The van der Waals surface area contributed by atoms with Gasteiger partial charge in [-0.1, -0.05) is 27.7 Å². The van der Waals surface area contributed by atoms with Crippen molar-refractivity contribution in [3.63, 3.8) is 0 Å². The Hall–Kier alpha value is -0.0800. The van der Waals surface area contributed by atoms with Crippen molar-refractivity contribution in [3.8, 4) is 0 Å². The Balaban J connectivity index is 3.59. The molecule has 0 rings (SSSR count). The lowest BCUT2D eigenvalue weighted by Crippen LogP contribution is -2.35. The van der Waals surface area contributed by atoms with Crippen molar-refractivity contribution in [3.05, 3.63) is 0 Å². The summed E-state index contributed by atoms with van der Waals surface area (Å²) >= 11 is 0. The van der Waals surface area contributed by atoms with E-state index in [1.807, 2.05) is 0 Å². The predicted octanol–water partition coefficient (Wildman–Crippen LogP) is 1.92. The first-order chi connectivity index (χ1) is 6.10. The Morgan fingerprint density at radius 1 is 1.00 bits per heavy atom. The second-order valence-electron chi connectivity index (χ2n) is 4.18. The van der Waals surface area contributed by atoms with Crippen molar-refractivity contribution in [2.45, 2.75) is 27.7 Å². The van der Waals surface area contributed by atoms with Gasteiger partial charge in [0.15, 0.2) is 0 Å². The molecule has 0 unspecified atom stereocenters. The Labute approximate surface area is 83.9 Å². The number of nitrogens with zero attached hydrogens (tertiary/aromatic N) is 2. The van der Waals surface area contributed by atoms with Crippen LogP contribution in [-0.4, -0.2) is 49.6 Å². The van der Waals surface area contributed by atoms with Crippen LogP contribution in [0.3, 0.4) is 0 Å². The monoisotopic (exact) mass is 186 g/mol. The van der Waals surface area contributed by atoms with Gasteiger partial charge in [0.1, 0.15) is 0 Å². The lowest BCUT2D eigenvalue weighted by molar-refractivity contribution is 0.218. The summed E-state index contributed by atoms with van der Waals surface area (Å²) in [7, 11) is 2.18. The lowest BCUT2D eigenvalue weighted by Gasteiger charge is -2.25. The highest BCUT2D eigenvalue weighted by molar-refractivity contribution is 4.60. The van der Waals surface area contributed by atoms with Crippen molar-refractivity contribution in [2.24, 2.45) is 5.92 Å². The Kier molecular flexibility index (Phi) is 7.29. The summed E-state index contributed by atoms with van der Waals surface area (Å²) in [5.74, 6) is 0.784. The van der Waals surface area contributed by atoms with E-state index < -0.39 is 0 Å². The molecule has 0 N–H and O–H groups in total. The third-order valence-electron chi connectivity index (χ3n) is 2.41. The van der Waals surface area contributed by atoms with Gasteiger partial charge in [-0.25, -0.2) is 0 Å². The van der Waals surface area contributed by atoms with Gasteiger partial charge >= 0.3 is 0 Å². The smallest absolute Gasteiger partial charge is 0.0109 e. The third-order valence-corrected chi connectivity index (χ3v) is 2.41. The van der Waals surface area contributed by atoms with Gasteiger partial charge in [-0.2, -0.15) is 0 Å². The van der Waals surface area contributed by atoms with Crippen molar-refractivity contribution < 1.29 is 0 Å². The highest BCUT2D eigenvalue weighted by atomic mass is 15.2. The van der Waals surface area contributed by atoms with Gasteiger partial charge in [-0.05, 0) is 26.1 Å². The summed E-state index contributed by atoms with van der Waals surface area (Å²) < 4.78 is 0. The quantitative estimate of drug-likeness (QED) is 0.599. The van der Waals surface area contributed by atoms with E-state index in [1.165, 1.54) is 26.2 Å². The molecule has 0 amide bonds. The fourth-order valence-electron chi connectivity index (χ4n) is 1.37. The van der Waals surface area contributed by atoms with E-state index in [-0.39, 0.29) is 0 Å². The van der Waals surface area contributed by atoms with E-state index >= 15 is 0 Å². The molecule has 0 spiro atoms. The second kappa shape index (κ2) is 7.34. The van der Waals surface area contributed by atoms with Crippen molar-refractivity contribution in [2.75, 3.05) is 39.8 Å². The minimum atomic E-state index is 0.784. The molecule has 0 aliphatic heterocycles. The molecule has 13 heavy (non-hydrogen) atoms. The van der Waals surface area contributed by atoms with Gasteiger partial charge in [0, 0.05) is 19.6 Å². The fraction of sp³-hybridized carbons (Fsp3) is 1.00. The maximum absolute atomic E-state index is 2.52. The van der Waals surface area contributed by atoms with Gasteiger partial charge in [-0.3, -0.25) is 0 Å². The molecule has 0 saturated heterocycles. The first-order valence-corrected chi connectivity index (χ1v) is 5.51. The first-order valence-electron chi connectivity index (χ1n) is 5.51. The van der Waals surface area contributed by atoms with Crippen molar-refractivity contribution in [1.29, 1.82) is 0 Å². The molecule has 2 nitrogen and oxygen atoms in total. The molecule has 0 aromatic heterocycles. The van der Waals surface area contributed by atoms with Gasteiger partial charge in [0.25, 0.3) is 0 Å². The number of hydrogen-bond acceptors (Lipinski definition) is 2. The number of likely N-dealkylation sites (N-methyl/N-ethyl adjacent to an activating group) is 2. The Morgan fingerprint density at radius 2 is 1.62 bits per heavy atom. The maximum atomic E-state index is 2.52. The molecule has 0 atom stereocenters. The highest BCUT2D eigenvalue weighted by Gasteiger charge is 2.05. The molecule has 0 saturated carbocycles. The van der Waals surface area contributed by atoms with Crippen LogP contribution < -0.4 is 0 Å². The minimum absolute atomic E-state index is 0.784. The van der Waals surface area contributed by atoms with E-state index in [0.29, 0.717) is 0 Å². The van der Waals surface area contributed by atoms with Gasteiger partial charge in [0.05, 0.1) is 0 Å². The van der Waals surface area contributed by atoms with E-state index in [1.54, 1.807) is 0 Å². The standard InChI is InChI=1S/C11H26N2/c1-6-12(5)8-9-13(7-2)10-11(3)4/h11H,6-10H2,1-5H3. The third kappa shape index (κ3) is 7.03. The topological polar surface area (TPSA) is 6.48 Å². The summed E-state index contributed by atoms with van der Waals surface area (Å²) in [5.41, 5.74) is 0. The highest BCUT2D eigenvalue weighted by Crippen LogP contribution is 1.98. The summed E-state index contributed by atoms with van der Waals surface area (Å²) in [6.07, 6.45) is 0. The molecule has 0 heterocycles. The predicted molar refractivity (Wildman–Crippen MR) is 60.1 cm³/mol. The average molecular weight is 186 g/mol. The fourth-order valence-corrected chi connectivity index (χ4v) is 1.37.